The second-order valence-corrected chi connectivity index (χ2v) is 15.5. The number of anilines is 3. The number of aryl methyl sites for hydroxylation is 1. The molecule has 4 aromatic heterocycles. The molecule has 0 saturated carbocycles. The number of rotatable bonds is 5. The molecule has 0 fully saturated rings. The van der Waals surface area contributed by atoms with Gasteiger partial charge >= 0.3 is 0 Å². The Hall–Kier alpha value is -7.56. The van der Waals surface area contributed by atoms with Gasteiger partial charge in [0.05, 0.1) is 22.2 Å². The van der Waals surface area contributed by atoms with Crippen LogP contribution in [0.2, 0.25) is 0 Å². The molecule has 13 rings (SSSR count). The van der Waals surface area contributed by atoms with E-state index < -0.39 is 0 Å². The molecule has 0 atom stereocenters. The van der Waals surface area contributed by atoms with Crippen molar-refractivity contribution in [3.63, 3.8) is 0 Å². The average molecular weight is 743 g/mol. The van der Waals surface area contributed by atoms with Gasteiger partial charge in [0, 0.05) is 66.6 Å². The maximum Gasteiger partial charge on any atom is 0.143 e. The number of nitrogens with zero attached hydrogens (tertiary/aromatic N) is 2. The van der Waals surface area contributed by atoms with E-state index in [0.717, 1.165) is 74.3 Å². The first kappa shape index (κ1) is 31.6. The molecule has 0 spiro atoms. The lowest BCUT2D eigenvalue weighted by Crippen LogP contribution is -2.11. The summed E-state index contributed by atoms with van der Waals surface area (Å²) in [5, 5.41) is 8.50. The summed E-state index contributed by atoms with van der Waals surface area (Å²) in [6.07, 6.45) is 6.45. The Balaban J connectivity index is 0.999. The van der Waals surface area contributed by atoms with Crippen LogP contribution in [0.1, 0.15) is 17.7 Å². The van der Waals surface area contributed by atoms with Gasteiger partial charge in [0.25, 0.3) is 0 Å². The zero-order valence-electron chi connectivity index (χ0n) is 31.4. The Morgan fingerprint density at radius 2 is 1.10 bits per heavy atom. The monoisotopic (exact) mass is 742 g/mol. The van der Waals surface area contributed by atoms with Gasteiger partial charge in [-0.1, -0.05) is 127 Å². The minimum atomic E-state index is 0.905. The van der Waals surface area contributed by atoms with Crippen LogP contribution >= 0.6 is 0 Å². The first-order valence-electron chi connectivity index (χ1n) is 20.1. The zero-order chi connectivity index (χ0) is 37.9. The van der Waals surface area contributed by atoms with Crippen molar-refractivity contribution in [1.29, 1.82) is 0 Å². The molecular formula is C54H34N2O2. The predicted molar refractivity (Wildman–Crippen MR) is 241 cm³/mol. The normalized spacial score (nSPS) is 13.0. The average Bonchev–Trinajstić information content (AvgIpc) is 4.04. The fraction of sp³-hybridized carbons (Fsp3) is 0.0370. The predicted octanol–water partition coefficient (Wildman–Crippen LogP) is 15.2. The molecule has 1 aliphatic carbocycles. The van der Waals surface area contributed by atoms with E-state index in [-0.39, 0.29) is 0 Å². The minimum Gasteiger partial charge on any atom is -0.460 e. The van der Waals surface area contributed by atoms with Gasteiger partial charge in [-0.2, -0.15) is 0 Å². The molecule has 4 heteroatoms. The van der Waals surface area contributed by atoms with E-state index in [1.807, 2.05) is 12.1 Å². The Labute approximate surface area is 333 Å². The summed E-state index contributed by atoms with van der Waals surface area (Å²) >= 11 is 0. The summed E-state index contributed by atoms with van der Waals surface area (Å²) < 4.78 is 15.2. The molecule has 0 radical (unpaired) electrons. The maximum absolute atomic E-state index is 6.46. The Kier molecular flexibility index (Phi) is 6.53. The van der Waals surface area contributed by atoms with Crippen molar-refractivity contribution in [3.05, 3.63) is 187 Å². The molecule has 0 amide bonds. The van der Waals surface area contributed by atoms with Crippen molar-refractivity contribution < 1.29 is 8.83 Å². The van der Waals surface area contributed by atoms with Gasteiger partial charge in [0.2, 0.25) is 0 Å². The standard InChI is InChI=1S/C54H34N2O2/c1-4-18-47-39(10-1)42-14-8-15-43-44-16-9-19-48(53(44)56(47)52(42)43)55(36-27-22-33(23-28-36)35-26-31-51-46(32-35)41-12-3-5-20-49(41)57-51)37-29-24-34(25-30-37)38-13-7-17-45-40-11-2-6-21-50(40)58-54(38)45/h1-4,6-19,21-32H,5,20H2. The van der Waals surface area contributed by atoms with Crippen LogP contribution in [0, 0.1) is 0 Å². The number of hydrogen-bond acceptors (Lipinski definition) is 3. The van der Waals surface area contributed by atoms with E-state index >= 15 is 0 Å². The Bertz CT molecular complexity index is 3620. The van der Waals surface area contributed by atoms with Crippen molar-refractivity contribution in [2.75, 3.05) is 4.90 Å². The molecule has 1 aliphatic rings. The highest BCUT2D eigenvalue weighted by atomic mass is 16.3. The van der Waals surface area contributed by atoms with Crippen molar-refractivity contribution in [2.45, 2.75) is 12.8 Å². The Morgan fingerprint density at radius 1 is 0.466 bits per heavy atom. The molecule has 8 aromatic carbocycles. The fourth-order valence-electron chi connectivity index (χ4n) is 9.76. The van der Waals surface area contributed by atoms with E-state index in [1.165, 1.54) is 60.2 Å². The van der Waals surface area contributed by atoms with Crippen molar-refractivity contribution >= 4 is 94.1 Å². The number of fused-ring (bicyclic) bond motifs is 12. The van der Waals surface area contributed by atoms with Crippen LogP contribution in [0.3, 0.4) is 0 Å². The van der Waals surface area contributed by atoms with Gasteiger partial charge in [-0.05, 0) is 77.7 Å². The summed E-state index contributed by atoms with van der Waals surface area (Å²) in [6, 6.07) is 61.6. The van der Waals surface area contributed by atoms with Gasteiger partial charge in [0.1, 0.15) is 22.5 Å². The van der Waals surface area contributed by atoms with Gasteiger partial charge in [-0.25, -0.2) is 0 Å². The number of para-hydroxylation sites is 5. The SMILES string of the molecule is C1=Cc2c(oc3ccc(-c4ccc(N(c5ccc(-c6cccc7c6oc6ccccc67)cc5)c5cccc6c7cccc8c9ccccc9n(c56)c87)cc4)cc23)CC1. The van der Waals surface area contributed by atoms with E-state index in [9.17, 15) is 0 Å². The molecule has 4 nitrogen and oxygen atoms in total. The van der Waals surface area contributed by atoms with Crippen LogP contribution in [-0.4, -0.2) is 4.40 Å². The molecule has 0 aliphatic heterocycles. The molecule has 0 saturated heterocycles. The highest BCUT2D eigenvalue weighted by Crippen LogP contribution is 2.46. The molecule has 58 heavy (non-hydrogen) atoms. The number of aromatic nitrogens is 1. The Morgan fingerprint density at radius 3 is 1.95 bits per heavy atom. The van der Waals surface area contributed by atoms with E-state index in [1.54, 1.807) is 0 Å². The molecule has 4 heterocycles. The number of furan rings is 2. The number of hydrogen-bond donors (Lipinski definition) is 0. The summed E-state index contributed by atoms with van der Waals surface area (Å²) in [6.45, 7) is 0. The van der Waals surface area contributed by atoms with Gasteiger partial charge < -0.3 is 18.1 Å². The molecule has 0 N–H and O–H groups in total. The van der Waals surface area contributed by atoms with Crippen LogP contribution in [0.5, 0.6) is 0 Å². The van der Waals surface area contributed by atoms with Crippen molar-refractivity contribution in [1.82, 2.24) is 4.40 Å². The van der Waals surface area contributed by atoms with E-state index in [4.69, 9.17) is 8.83 Å². The van der Waals surface area contributed by atoms with Gasteiger partial charge in [-0.3, -0.25) is 0 Å². The highest BCUT2D eigenvalue weighted by molar-refractivity contribution is 6.25. The quantitative estimate of drug-likeness (QED) is 0.176. The third kappa shape index (κ3) is 4.45. The minimum absolute atomic E-state index is 0.905. The topological polar surface area (TPSA) is 33.9 Å². The number of benzene rings is 8. The van der Waals surface area contributed by atoms with E-state index in [2.05, 4.69) is 179 Å². The van der Waals surface area contributed by atoms with Crippen LogP contribution in [0.15, 0.2) is 185 Å². The van der Waals surface area contributed by atoms with Gasteiger partial charge in [-0.15, -0.1) is 0 Å². The largest absolute Gasteiger partial charge is 0.460 e. The lowest BCUT2D eigenvalue weighted by Gasteiger charge is -2.27. The molecule has 0 unspecified atom stereocenters. The summed E-state index contributed by atoms with van der Waals surface area (Å²) in [4.78, 5) is 2.42. The van der Waals surface area contributed by atoms with Crippen LogP contribution in [0.4, 0.5) is 17.1 Å². The molecular weight excluding hydrogens is 709 g/mol. The smallest absolute Gasteiger partial charge is 0.143 e. The summed E-state index contributed by atoms with van der Waals surface area (Å²) in [5.74, 6) is 1.09. The first-order valence-corrected chi connectivity index (χ1v) is 20.1. The molecule has 0 bridgehead atoms. The number of allylic oxidation sites excluding steroid dienone is 1. The van der Waals surface area contributed by atoms with Crippen LogP contribution < -0.4 is 4.90 Å². The molecule has 272 valence electrons. The lowest BCUT2D eigenvalue weighted by molar-refractivity contribution is 0.546. The summed E-state index contributed by atoms with van der Waals surface area (Å²) in [7, 11) is 0. The fourth-order valence-corrected chi connectivity index (χ4v) is 9.76. The lowest BCUT2D eigenvalue weighted by atomic mass is 9.98. The maximum atomic E-state index is 6.46. The molecule has 12 aromatic rings. The summed E-state index contributed by atoms with van der Waals surface area (Å²) in [5.41, 5.74) is 15.5. The van der Waals surface area contributed by atoms with Crippen molar-refractivity contribution in [3.8, 4) is 22.3 Å². The third-order valence-corrected chi connectivity index (χ3v) is 12.4. The highest BCUT2D eigenvalue weighted by Gasteiger charge is 2.24. The second kappa shape index (κ2) is 12.0. The first-order chi connectivity index (χ1) is 28.8. The van der Waals surface area contributed by atoms with Crippen molar-refractivity contribution in [2.24, 2.45) is 0 Å². The zero-order valence-corrected chi connectivity index (χ0v) is 31.4. The second-order valence-electron chi connectivity index (χ2n) is 15.5. The van der Waals surface area contributed by atoms with Crippen LogP contribution in [0.25, 0.3) is 99.3 Å². The van der Waals surface area contributed by atoms with Gasteiger partial charge in [0.15, 0.2) is 0 Å². The van der Waals surface area contributed by atoms with E-state index in [0.29, 0.717) is 0 Å². The van der Waals surface area contributed by atoms with Crippen LogP contribution in [-0.2, 0) is 6.42 Å². The third-order valence-electron chi connectivity index (χ3n) is 12.4.